The summed E-state index contributed by atoms with van der Waals surface area (Å²) < 4.78 is 6.28. The third-order valence-corrected chi connectivity index (χ3v) is 4.56. The number of hydrogen-bond acceptors (Lipinski definition) is 6. The van der Waals surface area contributed by atoms with Crippen molar-refractivity contribution in [3.63, 3.8) is 0 Å². The molecule has 154 valence electrons. The molecule has 2 rings (SSSR count). The second kappa shape index (κ2) is 11.5. The van der Waals surface area contributed by atoms with Gasteiger partial charge in [0, 0.05) is 28.7 Å². The van der Waals surface area contributed by atoms with Gasteiger partial charge in [-0.2, -0.15) is 0 Å². The molecule has 2 aromatic rings. The lowest BCUT2D eigenvalue weighted by molar-refractivity contribution is -0.383. The van der Waals surface area contributed by atoms with Crippen molar-refractivity contribution in [2.75, 3.05) is 25.0 Å². The van der Waals surface area contributed by atoms with Gasteiger partial charge in [-0.3, -0.25) is 14.9 Å². The highest BCUT2D eigenvalue weighted by atomic mass is 79.9. The van der Waals surface area contributed by atoms with Crippen LogP contribution in [0.1, 0.15) is 6.42 Å². The number of anilines is 1. The number of thiocarbonyl (C=S) groups is 1. The fourth-order valence-electron chi connectivity index (χ4n) is 2.21. The summed E-state index contributed by atoms with van der Waals surface area (Å²) in [5.41, 5.74) is 0.305. The van der Waals surface area contributed by atoms with Gasteiger partial charge in [-0.1, -0.05) is 27.5 Å². The van der Waals surface area contributed by atoms with Gasteiger partial charge >= 0.3 is 0 Å². The van der Waals surface area contributed by atoms with Gasteiger partial charge in [0.25, 0.3) is 11.6 Å². The van der Waals surface area contributed by atoms with Crippen LogP contribution in [0.15, 0.2) is 46.9 Å². The Balaban J connectivity index is 1.64. The summed E-state index contributed by atoms with van der Waals surface area (Å²) in [5.74, 6) is 0.199. The Morgan fingerprint density at radius 3 is 2.62 bits per heavy atom. The van der Waals surface area contributed by atoms with Crippen LogP contribution in [-0.4, -0.2) is 35.6 Å². The standard InChI is InChI=1S/C18H18BrClN4O4S/c19-12-2-5-14(6-3-12)28-11-17(25)23-18(29)22-9-1-8-21-15-7-4-13(20)10-16(15)24(26)27/h2-7,10,21H,1,8-9,11H2,(H2,22,23,25,29). The van der Waals surface area contributed by atoms with Crippen LogP contribution < -0.4 is 20.7 Å². The number of benzene rings is 2. The van der Waals surface area contributed by atoms with E-state index in [1.807, 2.05) is 12.1 Å². The molecule has 0 atom stereocenters. The number of rotatable bonds is 9. The summed E-state index contributed by atoms with van der Waals surface area (Å²) in [5, 5.41) is 19.9. The zero-order valence-electron chi connectivity index (χ0n) is 15.1. The Morgan fingerprint density at radius 1 is 1.21 bits per heavy atom. The largest absolute Gasteiger partial charge is 0.484 e. The van der Waals surface area contributed by atoms with Gasteiger partial charge < -0.3 is 20.7 Å². The zero-order chi connectivity index (χ0) is 21.2. The van der Waals surface area contributed by atoms with Gasteiger partial charge in [0.1, 0.15) is 11.4 Å². The van der Waals surface area contributed by atoms with Crippen molar-refractivity contribution in [1.82, 2.24) is 10.6 Å². The molecule has 0 saturated heterocycles. The molecular formula is C18H18BrClN4O4S. The fourth-order valence-corrected chi connectivity index (χ4v) is 2.85. The first-order chi connectivity index (χ1) is 13.8. The molecule has 0 aliphatic heterocycles. The molecule has 0 aliphatic carbocycles. The predicted octanol–water partition coefficient (Wildman–Crippen LogP) is 3.88. The van der Waals surface area contributed by atoms with Crippen LogP contribution in [0.4, 0.5) is 11.4 Å². The Morgan fingerprint density at radius 2 is 1.93 bits per heavy atom. The molecule has 29 heavy (non-hydrogen) atoms. The second-order valence-corrected chi connectivity index (χ2v) is 7.51. The van der Waals surface area contributed by atoms with E-state index in [1.165, 1.54) is 6.07 Å². The fraction of sp³-hybridized carbons (Fsp3) is 0.222. The first-order valence-corrected chi connectivity index (χ1v) is 10.1. The monoisotopic (exact) mass is 500 g/mol. The molecule has 0 radical (unpaired) electrons. The molecule has 8 nitrogen and oxygen atoms in total. The molecule has 0 bridgehead atoms. The van der Waals surface area contributed by atoms with Crippen molar-refractivity contribution in [3.8, 4) is 5.75 Å². The number of carbonyl (C=O) groups is 1. The molecular weight excluding hydrogens is 484 g/mol. The summed E-state index contributed by atoms with van der Waals surface area (Å²) >= 11 is 14.2. The van der Waals surface area contributed by atoms with Crippen molar-refractivity contribution >= 4 is 62.1 Å². The van der Waals surface area contributed by atoms with Crippen LogP contribution in [0.25, 0.3) is 0 Å². The number of nitrogens with one attached hydrogen (secondary N) is 3. The molecule has 0 spiro atoms. The van der Waals surface area contributed by atoms with E-state index in [0.29, 0.717) is 36.0 Å². The van der Waals surface area contributed by atoms with Crippen LogP contribution >= 0.6 is 39.7 Å². The lowest BCUT2D eigenvalue weighted by Gasteiger charge is -2.11. The smallest absolute Gasteiger partial charge is 0.293 e. The van der Waals surface area contributed by atoms with E-state index < -0.39 is 4.92 Å². The predicted molar refractivity (Wildman–Crippen MR) is 120 cm³/mol. The number of amides is 1. The highest BCUT2D eigenvalue weighted by molar-refractivity contribution is 9.10. The van der Waals surface area contributed by atoms with Crippen LogP contribution in [-0.2, 0) is 4.79 Å². The van der Waals surface area contributed by atoms with Crippen LogP contribution in [0.2, 0.25) is 5.02 Å². The SMILES string of the molecule is O=C(COc1ccc(Br)cc1)NC(=S)NCCCNc1ccc(Cl)cc1[N+](=O)[O-]. The maximum atomic E-state index is 11.8. The highest BCUT2D eigenvalue weighted by Crippen LogP contribution is 2.27. The van der Waals surface area contributed by atoms with E-state index >= 15 is 0 Å². The summed E-state index contributed by atoms with van der Waals surface area (Å²) in [6.07, 6.45) is 0.616. The third kappa shape index (κ3) is 8.22. The van der Waals surface area contributed by atoms with Crippen molar-refractivity contribution < 1.29 is 14.5 Å². The molecule has 0 aromatic heterocycles. The lowest BCUT2D eigenvalue weighted by atomic mass is 10.2. The zero-order valence-corrected chi connectivity index (χ0v) is 18.3. The Bertz CT molecular complexity index is 883. The minimum atomic E-state index is -0.493. The number of halogens is 2. The average Bonchev–Trinajstić information content (AvgIpc) is 2.68. The van der Waals surface area contributed by atoms with Crippen LogP contribution in [0, 0.1) is 10.1 Å². The molecule has 11 heteroatoms. The minimum Gasteiger partial charge on any atom is -0.484 e. The maximum Gasteiger partial charge on any atom is 0.293 e. The van der Waals surface area contributed by atoms with Gasteiger partial charge in [0.05, 0.1) is 4.92 Å². The van der Waals surface area contributed by atoms with Crippen LogP contribution in [0.3, 0.4) is 0 Å². The molecule has 0 fully saturated rings. The average molecular weight is 502 g/mol. The molecule has 0 heterocycles. The topological polar surface area (TPSA) is 106 Å². The molecule has 1 amide bonds. The van der Waals surface area contributed by atoms with Crippen molar-refractivity contribution in [1.29, 1.82) is 0 Å². The number of nitrogens with zero attached hydrogens (tertiary/aromatic N) is 1. The minimum absolute atomic E-state index is 0.0842. The second-order valence-electron chi connectivity index (χ2n) is 5.75. The van der Waals surface area contributed by atoms with E-state index in [4.69, 9.17) is 28.6 Å². The van der Waals surface area contributed by atoms with Crippen LogP contribution in [0.5, 0.6) is 5.75 Å². The molecule has 0 aliphatic rings. The normalized spacial score (nSPS) is 10.1. The van der Waals surface area contributed by atoms with E-state index in [9.17, 15) is 14.9 Å². The molecule has 3 N–H and O–H groups in total. The Hall–Kier alpha value is -2.43. The van der Waals surface area contributed by atoms with Gasteiger partial charge in [0.2, 0.25) is 0 Å². The number of carbonyl (C=O) groups excluding carboxylic acids is 1. The first-order valence-electron chi connectivity index (χ1n) is 8.49. The van der Waals surface area contributed by atoms with Crippen molar-refractivity contribution in [2.24, 2.45) is 0 Å². The van der Waals surface area contributed by atoms with E-state index in [2.05, 4.69) is 31.9 Å². The summed E-state index contributed by atoms with van der Waals surface area (Å²) in [7, 11) is 0. The number of nitro benzene ring substituents is 1. The van der Waals surface area contributed by atoms with Gasteiger partial charge in [-0.15, -0.1) is 0 Å². The molecule has 2 aromatic carbocycles. The quantitative estimate of drug-likeness (QED) is 0.207. The molecule has 0 unspecified atom stereocenters. The number of hydrogen-bond donors (Lipinski definition) is 3. The van der Waals surface area contributed by atoms with Gasteiger partial charge in [0.15, 0.2) is 11.7 Å². The lowest BCUT2D eigenvalue weighted by Crippen LogP contribution is -2.42. The van der Waals surface area contributed by atoms with Gasteiger partial charge in [-0.25, -0.2) is 0 Å². The Kier molecular flexibility index (Phi) is 9.10. The number of nitro groups is 1. The van der Waals surface area contributed by atoms with Crippen molar-refractivity contribution in [2.45, 2.75) is 6.42 Å². The molecule has 0 saturated carbocycles. The maximum absolute atomic E-state index is 11.8. The third-order valence-electron chi connectivity index (χ3n) is 3.55. The summed E-state index contributed by atoms with van der Waals surface area (Å²) in [4.78, 5) is 22.4. The van der Waals surface area contributed by atoms with E-state index in [1.54, 1.807) is 24.3 Å². The van der Waals surface area contributed by atoms with E-state index in [0.717, 1.165) is 4.47 Å². The van der Waals surface area contributed by atoms with E-state index in [-0.39, 0.29) is 23.3 Å². The summed E-state index contributed by atoms with van der Waals surface area (Å²) in [6.45, 7) is 0.783. The first kappa shape index (κ1) is 22.9. The highest BCUT2D eigenvalue weighted by Gasteiger charge is 2.13. The Labute approximate surface area is 186 Å². The summed E-state index contributed by atoms with van der Waals surface area (Å²) in [6, 6.07) is 11.5. The van der Waals surface area contributed by atoms with Crippen molar-refractivity contribution in [3.05, 3.63) is 62.1 Å². The van der Waals surface area contributed by atoms with Gasteiger partial charge in [-0.05, 0) is 55.0 Å². The number of ether oxygens (including phenoxy) is 1.